The number of benzene rings is 2. The van der Waals surface area contributed by atoms with E-state index in [9.17, 15) is 9.18 Å². The second-order valence-electron chi connectivity index (χ2n) is 6.29. The van der Waals surface area contributed by atoms with Crippen molar-refractivity contribution in [3.05, 3.63) is 65.5 Å². The number of hydrogen-bond donors (Lipinski definition) is 0. The summed E-state index contributed by atoms with van der Waals surface area (Å²) in [6.45, 7) is 4.15. The highest BCUT2D eigenvalue weighted by atomic mass is 32.2. The van der Waals surface area contributed by atoms with Crippen LogP contribution in [0.3, 0.4) is 0 Å². The van der Waals surface area contributed by atoms with E-state index >= 15 is 0 Å². The molecule has 0 bridgehead atoms. The molecule has 3 aromatic rings. The van der Waals surface area contributed by atoms with E-state index in [0.717, 1.165) is 16.8 Å². The first-order valence-electron chi connectivity index (χ1n) is 8.45. The number of carbonyl (C=O) groups excluding carboxylic acids is 1. The van der Waals surface area contributed by atoms with Gasteiger partial charge in [0.05, 0.1) is 10.9 Å². The molecule has 0 saturated carbocycles. The Labute approximate surface area is 161 Å². The first-order valence-corrected chi connectivity index (χ1v) is 9.33. The fourth-order valence-electron chi connectivity index (χ4n) is 2.61. The van der Waals surface area contributed by atoms with Crippen molar-refractivity contribution in [1.82, 2.24) is 25.1 Å². The standard InChI is InChI=1S/C19H20FN5OS/c1-13-7-9-17(10-8-13)25-19(21-22-23-25)27-14(2)18(26)24(3)12-15-5-4-6-16(20)11-15/h4-11,14H,12H2,1-3H3/t14-/m1/s1. The van der Waals surface area contributed by atoms with Gasteiger partial charge in [-0.15, -0.1) is 5.10 Å². The zero-order valence-corrected chi connectivity index (χ0v) is 16.2. The van der Waals surface area contributed by atoms with Crippen molar-refractivity contribution < 1.29 is 9.18 Å². The van der Waals surface area contributed by atoms with Gasteiger partial charge in [-0.3, -0.25) is 4.79 Å². The molecule has 1 amide bonds. The number of hydrogen-bond acceptors (Lipinski definition) is 5. The summed E-state index contributed by atoms with van der Waals surface area (Å²) in [5, 5.41) is 11.9. The molecule has 0 unspecified atom stereocenters. The average Bonchev–Trinajstić information content (AvgIpc) is 3.09. The van der Waals surface area contributed by atoms with Crippen molar-refractivity contribution >= 4 is 17.7 Å². The molecule has 27 heavy (non-hydrogen) atoms. The third-order valence-corrected chi connectivity index (χ3v) is 5.05. The van der Waals surface area contributed by atoms with Gasteiger partial charge in [0.2, 0.25) is 11.1 Å². The highest BCUT2D eigenvalue weighted by molar-refractivity contribution is 8.00. The summed E-state index contributed by atoms with van der Waals surface area (Å²) < 4.78 is 14.9. The lowest BCUT2D eigenvalue weighted by Gasteiger charge is -2.21. The van der Waals surface area contributed by atoms with E-state index in [0.29, 0.717) is 11.7 Å². The molecular formula is C19H20FN5OS. The van der Waals surface area contributed by atoms with E-state index in [-0.39, 0.29) is 11.7 Å². The molecule has 140 valence electrons. The quantitative estimate of drug-likeness (QED) is 0.610. The average molecular weight is 385 g/mol. The lowest BCUT2D eigenvalue weighted by molar-refractivity contribution is -0.129. The Morgan fingerprint density at radius 3 is 2.70 bits per heavy atom. The molecule has 3 rings (SSSR count). The van der Waals surface area contributed by atoms with Crippen LogP contribution in [0.25, 0.3) is 5.69 Å². The van der Waals surface area contributed by atoms with E-state index in [1.165, 1.54) is 23.9 Å². The minimum Gasteiger partial charge on any atom is -0.340 e. The van der Waals surface area contributed by atoms with Crippen LogP contribution in [0.1, 0.15) is 18.1 Å². The van der Waals surface area contributed by atoms with Crippen molar-refractivity contribution in [2.75, 3.05) is 7.05 Å². The zero-order chi connectivity index (χ0) is 19.4. The fourth-order valence-corrected chi connectivity index (χ4v) is 3.53. The minimum absolute atomic E-state index is 0.0808. The smallest absolute Gasteiger partial charge is 0.235 e. The fraction of sp³-hybridized carbons (Fsp3) is 0.263. The van der Waals surface area contributed by atoms with Gasteiger partial charge in [0.1, 0.15) is 5.82 Å². The third-order valence-electron chi connectivity index (χ3n) is 4.03. The van der Waals surface area contributed by atoms with Gasteiger partial charge in [0, 0.05) is 13.6 Å². The zero-order valence-electron chi connectivity index (χ0n) is 15.3. The van der Waals surface area contributed by atoms with Crippen LogP contribution >= 0.6 is 11.8 Å². The van der Waals surface area contributed by atoms with Gasteiger partial charge in [-0.1, -0.05) is 41.6 Å². The monoisotopic (exact) mass is 385 g/mol. The molecular weight excluding hydrogens is 365 g/mol. The molecule has 0 N–H and O–H groups in total. The maximum atomic E-state index is 13.3. The number of thioether (sulfide) groups is 1. The summed E-state index contributed by atoms with van der Waals surface area (Å²) in [6.07, 6.45) is 0. The van der Waals surface area contributed by atoms with Gasteiger partial charge < -0.3 is 4.90 Å². The minimum atomic E-state index is -0.390. The SMILES string of the molecule is Cc1ccc(-n2nnnc2S[C@H](C)C(=O)N(C)Cc2cccc(F)c2)cc1. The molecule has 2 aromatic carbocycles. The lowest BCUT2D eigenvalue weighted by atomic mass is 10.2. The maximum absolute atomic E-state index is 13.3. The predicted octanol–water partition coefficient (Wildman–Crippen LogP) is 3.25. The van der Waals surface area contributed by atoms with E-state index < -0.39 is 5.25 Å². The number of amides is 1. The van der Waals surface area contributed by atoms with Gasteiger partial charge in [-0.2, -0.15) is 4.68 Å². The molecule has 0 fully saturated rings. The van der Waals surface area contributed by atoms with Crippen LogP contribution in [0.4, 0.5) is 4.39 Å². The van der Waals surface area contributed by atoms with Gasteiger partial charge in [0.25, 0.3) is 0 Å². The first-order chi connectivity index (χ1) is 12.9. The van der Waals surface area contributed by atoms with E-state index in [4.69, 9.17) is 0 Å². The van der Waals surface area contributed by atoms with Crippen LogP contribution < -0.4 is 0 Å². The number of aromatic nitrogens is 4. The normalized spacial score (nSPS) is 12.0. The van der Waals surface area contributed by atoms with Gasteiger partial charge >= 0.3 is 0 Å². The third kappa shape index (κ3) is 4.71. The molecule has 0 aliphatic carbocycles. The summed E-state index contributed by atoms with van der Waals surface area (Å²) in [7, 11) is 1.70. The van der Waals surface area contributed by atoms with Crippen molar-refractivity contribution in [2.45, 2.75) is 30.8 Å². The topological polar surface area (TPSA) is 63.9 Å². The first kappa shape index (κ1) is 19.0. The van der Waals surface area contributed by atoms with Gasteiger partial charge in [0.15, 0.2) is 0 Å². The molecule has 0 saturated heterocycles. The molecule has 0 radical (unpaired) electrons. The van der Waals surface area contributed by atoms with Crippen LogP contribution in [0.5, 0.6) is 0 Å². The van der Waals surface area contributed by atoms with Crippen molar-refractivity contribution in [3.8, 4) is 5.69 Å². The van der Waals surface area contributed by atoms with Crippen LogP contribution in [0.2, 0.25) is 0 Å². The molecule has 0 aliphatic rings. The Morgan fingerprint density at radius 2 is 2.00 bits per heavy atom. The second kappa shape index (κ2) is 8.30. The molecule has 8 heteroatoms. The number of nitrogens with zero attached hydrogens (tertiary/aromatic N) is 5. The summed E-state index contributed by atoms with van der Waals surface area (Å²) in [5.41, 5.74) is 2.72. The lowest BCUT2D eigenvalue weighted by Crippen LogP contribution is -2.33. The summed E-state index contributed by atoms with van der Waals surface area (Å²) in [5.74, 6) is -0.393. The number of tetrazole rings is 1. The molecule has 1 atom stereocenters. The predicted molar refractivity (Wildman–Crippen MR) is 102 cm³/mol. The van der Waals surface area contributed by atoms with E-state index in [1.807, 2.05) is 38.1 Å². The molecule has 0 spiro atoms. The molecule has 1 aromatic heterocycles. The second-order valence-corrected chi connectivity index (χ2v) is 7.60. The van der Waals surface area contributed by atoms with Crippen LogP contribution in [-0.2, 0) is 11.3 Å². The van der Waals surface area contributed by atoms with Crippen molar-refractivity contribution in [3.63, 3.8) is 0 Å². The van der Waals surface area contributed by atoms with Crippen molar-refractivity contribution in [2.24, 2.45) is 0 Å². The maximum Gasteiger partial charge on any atom is 0.235 e. The Morgan fingerprint density at radius 1 is 1.26 bits per heavy atom. The van der Waals surface area contributed by atoms with E-state index in [2.05, 4.69) is 15.5 Å². The number of carbonyl (C=O) groups is 1. The Balaban J connectivity index is 1.68. The summed E-state index contributed by atoms with van der Waals surface area (Å²) in [6, 6.07) is 14.1. The van der Waals surface area contributed by atoms with E-state index in [1.54, 1.807) is 28.8 Å². The number of rotatable bonds is 6. The van der Waals surface area contributed by atoms with Crippen molar-refractivity contribution in [1.29, 1.82) is 0 Å². The van der Waals surface area contributed by atoms with Crippen LogP contribution in [0, 0.1) is 12.7 Å². The largest absolute Gasteiger partial charge is 0.340 e. The number of aryl methyl sites for hydroxylation is 1. The Kier molecular flexibility index (Phi) is 5.85. The Hall–Kier alpha value is -2.74. The summed E-state index contributed by atoms with van der Waals surface area (Å²) >= 11 is 1.29. The Bertz CT molecular complexity index is 928. The highest BCUT2D eigenvalue weighted by Gasteiger charge is 2.22. The molecule has 1 heterocycles. The van der Waals surface area contributed by atoms with Gasteiger partial charge in [-0.05, 0) is 54.1 Å². The number of halogens is 1. The van der Waals surface area contributed by atoms with Gasteiger partial charge in [-0.25, -0.2) is 4.39 Å². The summed E-state index contributed by atoms with van der Waals surface area (Å²) in [4.78, 5) is 14.3. The van der Waals surface area contributed by atoms with Crippen LogP contribution in [-0.4, -0.2) is 43.3 Å². The van der Waals surface area contributed by atoms with Crippen LogP contribution in [0.15, 0.2) is 53.7 Å². The molecule has 6 nitrogen and oxygen atoms in total. The highest BCUT2D eigenvalue weighted by Crippen LogP contribution is 2.24. The molecule has 0 aliphatic heterocycles.